The number of nitrogens with zero attached hydrogens (tertiary/aromatic N) is 4. The third kappa shape index (κ3) is 6.37. The van der Waals surface area contributed by atoms with Crippen LogP contribution in [0.25, 0.3) is 33.4 Å². The van der Waals surface area contributed by atoms with Crippen molar-refractivity contribution in [2.24, 2.45) is 0 Å². The Balaban J connectivity index is 1.26. The zero-order valence-corrected chi connectivity index (χ0v) is 23.8. The van der Waals surface area contributed by atoms with Crippen LogP contribution < -0.4 is 15.5 Å². The molecule has 1 saturated heterocycles. The Kier molecular flexibility index (Phi) is 8.20. The van der Waals surface area contributed by atoms with Crippen molar-refractivity contribution in [3.63, 3.8) is 0 Å². The minimum absolute atomic E-state index is 0.0102. The first kappa shape index (κ1) is 28.8. The minimum atomic E-state index is -0.563. The first-order valence-electron chi connectivity index (χ1n) is 14.1. The molecule has 3 heterocycles. The van der Waals surface area contributed by atoms with Gasteiger partial charge in [-0.05, 0) is 78.7 Å². The number of urea groups is 1. The number of fused-ring (bicyclic) bond motifs is 1. The lowest BCUT2D eigenvalue weighted by Gasteiger charge is -2.29. The summed E-state index contributed by atoms with van der Waals surface area (Å²) in [5.41, 5.74) is 3.43. The van der Waals surface area contributed by atoms with Gasteiger partial charge in [0.05, 0.1) is 18.7 Å². The van der Waals surface area contributed by atoms with E-state index in [1.165, 1.54) is 25.3 Å². The van der Waals surface area contributed by atoms with Gasteiger partial charge >= 0.3 is 6.03 Å². The predicted octanol–water partition coefficient (Wildman–Crippen LogP) is 6.25. The maximum Gasteiger partial charge on any atom is 0.323 e. The van der Waals surface area contributed by atoms with Gasteiger partial charge in [0.1, 0.15) is 17.4 Å². The molecule has 0 aliphatic carbocycles. The van der Waals surface area contributed by atoms with Gasteiger partial charge in [0, 0.05) is 53.6 Å². The topological polar surface area (TPSA) is 109 Å². The number of Topliss-reactive ketones (excluding diaryl/α,β-unsaturated/α-hetero) is 1. The van der Waals surface area contributed by atoms with E-state index in [0.29, 0.717) is 60.0 Å². The van der Waals surface area contributed by atoms with Crippen LogP contribution in [0, 0.1) is 11.8 Å². The van der Waals surface area contributed by atoms with Crippen molar-refractivity contribution < 1.29 is 23.1 Å². The van der Waals surface area contributed by atoms with Gasteiger partial charge in [-0.25, -0.2) is 24.1 Å². The number of ketones is 1. The van der Waals surface area contributed by atoms with Gasteiger partial charge in [-0.2, -0.15) is 4.39 Å². The number of benzene rings is 3. The summed E-state index contributed by atoms with van der Waals surface area (Å²) in [4.78, 5) is 39.5. The summed E-state index contributed by atoms with van der Waals surface area (Å²) in [5.74, 6) is -0.0414. The van der Waals surface area contributed by atoms with Crippen molar-refractivity contribution in [3.8, 4) is 22.5 Å². The number of morpholine rings is 1. The number of rotatable bonds is 7. The Morgan fingerprint density at radius 1 is 0.886 bits per heavy atom. The van der Waals surface area contributed by atoms with Crippen LogP contribution in [0.15, 0.2) is 79.0 Å². The second-order valence-corrected chi connectivity index (χ2v) is 10.4. The molecule has 0 atom stereocenters. The number of ether oxygens (including phenoxy) is 1. The first-order valence-corrected chi connectivity index (χ1v) is 14.1. The first-order chi connectivity index (χ1) is 21.3. The maximum absolute atomic E-state index is 14.5. The molecular formula is C33H28F2N6O3. The molecule has 222 valence electrons. The molecule has 3 aromatic carbocycles. The molecule has 1 fully saturated rings. The minimum Gasteiger partial charge on any atom is -0.378 e. The Bertz CT molecular complexity index is 1860. The molecule has 1 aliphatic rings. The van der Waals surface area contributed by atoms with E-state index in [1.807, 2.05) is 18.2 Å². The Hall–Kier alpha value is -5.29. The Morgan fingerprint density at radius 3 is 2.34 bits per heavy atom. The van der Waals surface area contributed by atoms with Crippen LogP contribution >= 0.6 is 0 Å². The molecular weight excluding hydrogens is 566 g/mol. The fraction of sp³-hybridized carbons (Fsp3) is 0.182. The van der Waals surface area contributed by atoms with Crippen LogP contribution in [-0.4, -0.2) is 53.1 Å². The molecule has 0 unspecified atom stereocenters. The zero-order chi connectivity index (χ0) is 30.6. The molecule has 0 radical (unpaired) electrons. The third-order valence-electron chi connectivity index (χ3n) is 7.21. The molecule has 6 rings (SSSR count). The highest BCUT2D eigenvalue weighted by atomic mass is 19.1. The summed E-state index contributed by atoms with van der Waals surface area (Å²) in [7, 11) is 0. The van der Waals surface area contributed by atoms with E-state index in [2.05, 4.69) is 20.5 Å². The Labute approximate surface area is 251 Å². The Morgan fingerprint density at radius 2 is 1.61 bits per heavy atom. The van der Waals surface area contributed by atoms with Gasteiger partial charge in [0.15, 0.2) is 5.82 Å². The number of anilines is 3. The maximum atomic E-state index is 14.5. The molecule has 0 spiro atoms. The highest BCUT2D eigenvalue weighted by Gasteiger charge is 2.19. The lowest BCUT2D eigenvalue weighted by molar-refractivity contribution is -0.116. The molecule has 1 aliphatic heterocycles. The van der Waals surface area contributed by atoms with Gasteiger partial charge < -0.3 is 20.3 Å². The van der Waals surface area contributed by atoms with Crippen LogP contribution in [-0.2, 0) is 16.0 Å². The second-order valence-electron chi connectivity index (χ2n) is 10.4. The lowest BCUT2D eigenvalue weighted by Crippen LogP contribution is -2.37. The average molecular weight is 595 g/mol. The van der Waals surface area contributed by atoms with Crippen LogP contribution in [0.5, 0.6) is 0 Å². The number of aromatic nitrogens is 3. The number of halogens is 2. The van der Waals surface area contributed by atoms with E-state index in [1.54, 1.807) is 42.5 Å². The van der Waals surface area contributed by atoms with Crippen molar-refractivity contribution in [2.45, 2.75) is 13.3 Å². The molecule has 44 heavy (non-hydrogen) atoms. The van der Waals surface area contributed by atoms with Crippen molar-refractivity contribution in [3.05, 3.63) is 96.3 Å². The van der Waals surface area contributed by atoms with Crippen molar-refractivity contribution >= 4 is 39.9 Å². The molecule has 2 aromatic heterocycles. The second kappa shape index (κ2) is 12.5. The number of nitrogens with one attached hydrogen (secondary N) is 2. The van der Waals surface area contributed by atoms with Crippen molar-refractivity contribution in [1.82, 2.24) is 15.0 Å². The highest BCUT2D eigenvalue weighted by Crippen LogP contribution is 2.32. The van der Waals surface area contributed by atoms with E-state index >= 15 is 0 Å². The standard InChI is InChI=1S/C33H28F2N6O3/c1-20(42)17-23-6-10-25(19-28(23)34)38-33(43)37-24-8-4-21(5-9-24)31-39-29-18-22(26-3-2-12-36-30(26)35)7-11-27(29)32(40-31)41-13-15-44-16-14-41/h2-12,18-19H,13-17H2,1H3,(H2,37,38,43). The average Bonchev–Trinajstić information content (AvgIpc) is 3.02. The van der Waals surface area contributed by atoms with Crippen LogP contribution in [0.1, 0.15) is 12.5 Å². The van der Waals surface area contributed by atoms with Crippen molar-refractivity contribution in [2.75, 3.05) is 41.8 Å². The molecule has 11 heteroatoms. The fourth-order valence-corrected chi connectivity index (χ4v) is 5.06. The lowest BCUT2D eigenvalue weighted by atomic mass is 10.0. The van der Waals surface area contributed by atoms with Gasteiger partial charge in [-0.15, -0.1) is 0 Å². The molecule has 0 bridgehead atoms. The number of carbonyl (C=O) groups excluding carboxylic acids is 2. The van der Waals surface area contributed by atoms with Crippen LogP contribution in [0.3, 0.4) is 0 Å². The van der Waals surface area contributed by atoms with Gasteiger partial charge in [-0.3, -0.25) is 4.79 Å². The normalized spacial score (nSPS) is 13.1. The fourth-order valence-electron chi connectivity index (χ4n) is 5.06. The van der Waals surface area contributed by atoms with E-state index in [-0.39, 0.29) is 23.5 Å². The van der Waals surface area contributed by atoms with Gasteiger partial charge in [0.2, 0.25) is 5.95 Å². The molecule has 9 nitrogen and oxygen atoms in total. The van der Waals surface area contributed by atoms with Gasteiger partial charge in [0.25, 0.3) is 0 Å². The number of hydrogen-bond donors (Lipinski definition) is 2. The summed E-state index contributed by atoms with van der Waals surface area (Å²) in [5, 5.41) is 6.16. The zero-order valence-electron chi connectivity index (χ0n) is 23.8. The quantitative estimate of drug-likeness (QED) is 0.215. The number of carbonyl (C=O) groups is 2. The molecule has 0 saturated carbocycles. The number of hydrogen-bond acceptors (Lipinski definition) is 7. The largest absolute Gasteiger partial charge is 0.378 e. The number of pyridine rings is 1. The van der Waals surface area contributed by atoms with E-state index < -0.39 is 17.8 Å². The smallest absolute Gasteiger partial charge is 0.323 e. The SMILES string of the molecule is CC(=O)Cc1ccc(NC(=O)Nc2ccc(-c3nc(N4CCOCC4)c4ccc(-c5cccnc5F)cc4n3)cc2)cc1F. The molecule has 5 aromatic rings. The summed E-state index contributed by atoms with van der Waals surface area (Å²) in [6.45, 7) is 3.90. The summed E-state index contributed by atoms with van der Waals surface area (Å²) < 4.78 is 34.3. The van der Waals surface area contributed by atoms with E-state index in [9.17, 15) is 18.4 Å². The number of amides is 2. The van der Waals surface area contributed by atoms with Gasteiger partial charge in [-0.1, -0.05) is 12.1 Å². The van der Waals surface area contributed by atoms with Crippen LogP contribution in [0.2, 0.25) is 0 Å². The monoisotopic (exact) mass is 594 g/mol. The van der Waals surface area contributed by atoms with E-state index in [4.69, 9.17) is 14.7 Å². The summed E-state index contributed by atoms with van der Waals surface area (Å²) in [6.07, 6.45) is 1.40. The summed E-state index contributed by atoms with van der Waals surface area (Å²) >= 11 is 0. The van der Waals surface area contributed by atoms with E-state index in [0.717, 1.165) is 11.2 Å². The van der Waals surface area contributed by atoms with Crippen LogP contribution in [0.4, 0.5) is 30.8 Å². The highest BCUT2D eigenvalue weighted by molar-refractivity contribution is 6.00. The van der Waals surface area contributed by atoms with Crippen molar-refractivity contribution in [1.29, 1.82) is 0 Å². The predicted molar refractivity (Wildman–Crippen MR) is 165 cm³/mol. The third-order valence-corrected chi connectivity index (χ3v) is 7.21. The molecule has 2 N–H and O–H groups in total. The summed E-state index contributed by atoms with van der Waals surface area (Å²) in [6, 6.07) is 19.6. The molecule has 2 amide bonds.